The summed E-state index contributed by atoms with van der Waals surface area (Å²) in [5.74, 6) is 0.624. The van der Waals surface area contributed by atoms with E-state index in [2.05, 4.69) is 15.2 Å². The number of hydrogen-bond donors (Lipinski definition) is 2. The molecule has 3 N–H and O–H groups in total. The highest BCUT2D eigenvalue weighted by molar-refractivity contribution is 5.73. The molecule has 0 aliphatic carbocycles. The lowest BCUT2D eigenvalue weighted by atomic mass is 10.0. The molecule has 5 heteroatoms. The molecular weight excluding hydrogens is 228 g/mol. The minimum absolute atomic E-state index is 0.0659. The van der Waals surface area contributed by atoms with Crippen LogP contribution in [0.15, 0.2) is 18.3 Å². The minimum atomic E-state index is 0.0659. The van der Waals surface area contributed by atoms with Gasteiger partial charge in [0.15, 0.2) is 0 Å². The van der Waals surface area contributed by atoms with E-state index in [1.54, 1.807) is 6.92 Å². The molecule has 2 rings (SSSR count). The largest absolute Gasteiger partial charge is 0.384 e. The Bertz CT molecular complexity index is 396. The van der Waals surface area contributed by atoms with Crippen LogP contribution in [-0.4, -0.2) is 34.9 Å². The standard InChI is InChI=1S/C13H20N4O/c1-10(18)16-12-4-6-17(7-5-12)9-11-2-3-13(14)15-8-11/h2-3,8,12H,4-7,9H2,1H3,(H2,14,15)(H,16,18). The molecule has 18 heavy (non-hydrogen) atoms. The maximum atomic E-state index is 11.0. The summed E-state index contributed by atoms with van der Waals surface area (Å²) < 4.78 is 0. The van der Waals surface area contributed by atoms with Gasteiger partial charge in [-0.1, -0.05) is 6.07 Å². The molecule has 0 aromatic carbocycles. The molecule has 0 atom stereocenters. The van der Waals surface area contributed by atoms with Gasteiger partial charge in [0.2, 0.25) is 5.91 Å². The van der Waals surface area contributed by atoms with Crippen molar-refractivity contribution in [3.8, 4) is 0 Å². The molecule has 1 fully saturated rings. The van der Waals surface area contributed by atoms with E-state index in [1.807, 2.05) is 18.3 Å². The molecule has 0 saturated carbocycles. The zero-order valence-corrected chi connectivity index (χ0v) is 10.7. The highest BCUT2D eigenvalue weighted by Crippen LogP contribution is 2.13. The van der Waals surface area contributed by atoms with Crippen LogP contribution >= 0.6 is 0 Å². The van der Waals surface area contributed by atoms with Gasteiger partial charge in [-0.05, 0) is 24.5 Å². The predicted octanol–water partition coefficient (Wildman–Crippen LogP) is 0.764. The number of likely N-dealkylation sites (tertiary alicyclic amines) is 1. The van der Waals surface area contributed by atoms with Crippen molar-refractivity contribution in [2.75, 3.05) is 18.8 Å². The van der Waals surface area contributed by atoms with Gasteiger partial charge in [0, 0.05) is 38.8 Å². The third kappa shape index (κ3) is 3.70. The molecule has 98 valence electrons. The van der Waals surface area contributed by atoms with Crippen LogP contribution in [0.25, 0.3) is 0 Å². The summed E-state index contributed by atoms with van der Waals surface area (Å²) in [4.78, 5) is 17.4. The number of piperidine rings is 1. The van der Waals surface area contributed by atoms with Gasteiger partial charge in [-0.25, -0.2) is 4.98 Å². The van der Waals surface area contributed by atoms with E-state index in [-0.39, 0.29) is 5.91 Å². The smallest absolute Gasteiger partial charge is 0.217 e. The second-order valence-electron chi connectivity index (χ2n) is 4.84. The Morgan fingerprint density at radius 3 is 2.78 bits per heavy atom. The fraction of sp³-hybridized carbons (Fsp3) is 0.538. The summed E-state index contributed by atoms with van der Waals surface area (Å²) in [5.41, 5.74) is 6.74. The number of anilines is 1. The number of carbonyl (C=O) groups excluding carboxylic acids is 1. The normalized spacial score (nSPS) is 17.6. The van der Waals surface area contributed by atoms with Crippen LogP contribution in [0.3, 0.4) is 0 Å². The maximum absolute atomic E-state index is 11.0. The molecule has 1 aliphatic heterocycles. The summed E-state index contributed by atoms with van der Waals surface area (Å²) in [6, 6.07) is 4.19. The molecule has 1 aliphatic rings. The molecule has 1 aromatic rings. The Kier molecular flexibility index (Phi) is 4.15. The van der Waals surface area contributed by atoms with Crippen molar-refractivity contribution >= 4 is 11.7 Å². The lowest BCUT2D eigenvalue weighted by Crippen LogP contribution is -2.43. The van der Waals surface area contributed by atoms with E-state index >= 15 is 0 Å². The van der Waals surface area contributed by atoms with Gasteiger partial charge in [0.25, 0.3) is 0 Å². The summed E-state index contributed by atoms with van der Waals surface area (Å²) >= 11 is 0. The highest BCUT2D eigenvalue weighted by Gasteiger charge is 2.19. The van der Waals surface area contributed by atoms with Crippen molar-refractivity contribution in [2.24, 2.45) is 0 Å². The summed E-state index contributed by atoms with van der Waals surface area (Å²) in [6.07, 6.45) is 3.86. The third-order valence-corrected chi connectivity index (χ3v) is 3.25. The van der Waals surface area contributed by atoms with Crippen LogP contribution in [0.4, 0.5) is 5.82 Å². The Morgan fingerprint density at radius 2 is 2.22 bits per heavy atom. The van der Waals surface area contributed by atoms with Gasteiger partial charge < -0.3 is 11.1 Å². The molecule has 0 spiro atoms. The molecule has 5 nitrogen and oxygen atoms in total. The van der Waals surface area contributed by atoms with Crippen molar-refractivity contribution in [3.05, 3.63) is 23.9 Å². The van der Waals surface area contributed by atoms with E-state index in [0.29, 0.717) is 11.9 Å². The first-order chi connectivity index (χ1) is 8.63. The topological polar surface area (TPSA) is 71.2 Å². The van der Waals surface area contributed by atoms with Gasteiger partial charge in [-0.3, -0.25) is 9.69 Å². The summed E-state index contributed by atoms with van der Waals surface area (Å²) in [6.45, 7) is 4.50. The van der Waals surface area contributed by atoms with Crippen LogP contribution < -0.4 is 11.1 Å². The molecule has 0 unspecified atom stereocenters. The van der Waals surface area contributed by atoms with Crippen molar-refractivity contribution in [1.82, 2.24) is 15.2 Å². The van der Waals surface area contributed by atoms with Gasteiger partial charge in [-0.2, -0.15) is 0 Å². The minimum Gasteiger partial charge on any atom is -0.384 e. The van der Waals surface area contributed by atoms with E-state index < -0.39 is 0 Å². The lowest BCUT2D eigenvalue weighted by molar-refractivity contribution is -0.119. The number of nitrogen functional groups attached to an aromatic ring is 1. The van der Waals surface area contributed by atoms with Crippen molar-refractivity contribution in [1.29, 1.82) is 0 Å². The van der Waals surface area contributed by atoms with Crippen LogP contribution in [-0.2, 0) is 11.3 Å². The molecule has 1 aromatic heterocycles. The number of nitrogens with two attached hydrogens (primary N) is 1. The third-order valence-electron chi connectivity index (χ3n) is 3.25. The average Bonchev–Trinajstić information content (AvgIpc) is 2.34. The second-order valence-corrected chi connectivity index (χ2v) is 4.84. The van der Waals surface area contributed by atoms with Crippen molar-refractivity contribution in [2.45, 2.75) is 32.4 Å². The number of rotatable bonds is 3. The highest BCUT2D eigenvalue weighted by atomic mass is 16.1. The first kappa shape index (κ1) is 12.8. The van der Waals surface area contributed by atoms with Crippen LogP contribution in [0.2, 0.25) is 0 Å². The molecule has 0 radical (unpaired) electrons. The number of nitrogens with zero attached hydrogens (tertiary/aromatic N) is 2. The Labute approximate surface area is 107 Å². The number of pyridine rings is 1. The molecule has 0 bridgehead atoms. The van der Waals surface area contributed by atoms with Crippen LogP contribution in [0, 0.1) is 0 Å². The Morgan fingerprint density at radius 1 is 1.50 bits per heavy atom. The number of hydrogen-bond acceptors (Lipinski definition) is 4. The predicted molar refractivity (Wildman–Crippen MR) is 70.8 cm³/mol. The fourth-order valence-electron chi connectivity index (χ4n) is 2.31. The van der Waals surface area contributed by atoms with Gasteiger partial charge in [0.05, 0.1) is 0 Å². The summed E-state index contributed by atoms with van der Waals surface area (Å²) in [5, 5.41) is 2.98. The lowest BCUT2D eigenvalue weighted by Gasteiger charge is -2.32. The number of amides is 1. The van der Waals surface area contributed by atoms with Gasteiger partial charge in [-0.15, -0.1) is 0 Å². The first-order valence-electron chi connectivity index (χ1n) is 6.33. The molecule has 1 saturated heterocycles. The SMILES string of the molecule is CC(=O)NC1CCN(Cc2ccc(N)nc2)CC1. The zero-order valence-electron chi connectivity index (χ0n) is 10.7. The number of aromatic nitrogens is 1. The van der Waals surface area contributed by atoms with E-state index in [0.717, 1.165) is 32.5 Å². The van der Waals surface area contributed by atoms with E-state index in [9.17, 15) is 4.79 Å². The number of carbonyl (C=O) groups is 1. The summed E-state index contributed by atoms with van der Waals surface area (Å²) in [7, 11) is 0. The zero-order chi connectivity index (χ0) is 13.0. The average molecular weight is 248 g/mol. The van der Waals surface area contributed by atoms with Crippen LogP contribution in [0.5, 0.6) is 0 Å². The Hall–Kier alpha value is -1.62. The maximum Gasteiger partial charge on any atom is 0.217 e. The molecule has 2 heterocycles. The van der Waals surface area contributed by atoms with Gasteiger partial charge >= 0.3 is 0 Å². The van der Waals surface area contributed by atoms with E-state index in [4.69, 9.17) is 5.73 Å². The monoisotopic (exact) mass is 248 g/mol. The first-order valence-corrected chi connectivity index (χ1v) is 6.33. The molecular formula is C13H20N4O. The van der Waals surface area contributed by atoms with Crippen LogP contribution in [0.1, 0.15) is 25.3 Å². The van der Waals surface area contributed by atoms with Crippen molar-refractivity contribution in [3.63, 3.8) is 0 Å². The van der Waals surface area contributed by atoms with Gasteiger partial charge in [0.1, 0.15) is 5.82 Å². The Balaban J connectivity index is 1.79. The number of nitrogens with one attached hydrogen (secondary N) is 1. The quantitative estimate of drug-likeness (QED) is 0.828. The van der Waals surface area contributed by atoms with E-state index in [1.165, 1.54) is 5.56 Å². The van der Waals surface area contributed by atoms with Crippen molar-refractivity contribution < 1.29 is 4.79 Å². The second kappa shape index (κ2) is 5.82. The fourth-order valence-corrected chi connectivity index (χ4v) is 2.31. The molecule has 1 amide bonds.